The summed E-state index contributed by atoms with van der Waals surface area (Å²) in [6, 6.07) is 1.72. The number of amides is 1. The summed E-state index contributed by atoms with van der Waals surface area (Å²) in [6.45, 7) is 0. The van der Waals surface area contributed by atoms with E-state index in [1.165, 1.54) is 6.42 Å². The molecule has 6 fully saturated rings. The number of carbonyl (C=O) groups excluding carboxylic acids is 1. The van der Waals surface area contributed by atoms with Crippen molar-refractivity contribution in [1.29, 1.82) is 5.26 Å². The summed E-state index contributed by atoms with van der Waals surface area (Å²) in [5, 5.41) is 20.2. The molecule has 0 radical (unpaired) electrons. The predicted molar refractivity (Wildman–Crippen MR) is 90.0 cm³/mol. The van der Waals surface area contributed by atoms with Crippen LogP contribution in [0.3, 0.4) is 0 Å². The normalized spacial score (nSPS) is 51.5. The molecule has 3 N–H and O–H groups in total. The standard InChI is InChI=1S/C18H25N3O2.ClH/c19-8-13-2-12-3-14(12)21(13)16(22)15(20)17-4-10-1-11(5-17)7-18(23,6-10)9-17;/h10-15,23H,1-7,9,20H2;1H/t10?,11?,12?,13-,14-,15+,17?,18?;/m1./s1. The number of nitrogens with two attached hydrogens (primary N) is 1. The zero-order valence-electron chi connectivity index (χ0n) is 13.9. The number of likely N-dealkylation sites (tertiary alicyclic amines) is 1. The highest BCUT2D eigenvalue weighted by Gasteiger charge is 2.62. The fourth-order valence-corrected chi connectivity index (χ4v) is 6.96. The van der Waals surface area contributed by atoms with Crippen molar-refractivity contribution in [2.75, 3.05) is 0 Å². The number of halogens is 1. The summed E-state index contributed by atoms with van der Waals surface area (Å²) in [5.41, 5.74) is 5.71. The lowest BCUT2D eigenvalue weighted by Gasteiger charge is -2.61. The molecule has 24 heavy (non-hydrogen) atoms. The van der Waals surface area contributed by atoms with Gasteiger partial charge in [0.15, 0.2) is 0 Å². The van der Waals surface area contributed by atoms with Crippen LogP contribution < -0.4 is 5.73 Å². The lowest BCUT2D eigenvalue weighted by molar-refractivity contribution is -0.177. The van der Waals surface area contributed by atoms with Gasteiger partial charge in [-0.05, 0) is 74.5 Å². The molecular weight excluding hydrogens is 326 g/mol. The highest BCUT2D eigenvalue weighted by atomic mass is 35.5. The molecule has 5 aliphatic carbocycles. The van der Waals surface area contributed by atoms with E-state index in [-0.39, 0.29) is 35.8 Å². The van der Waals surface area contributed by atoms with E-state index in [1.807, 2.05) is 0 Å². The van der Waals surface area contributed by atoms with Gasteiger partial charge in [0.25, 0.3) is 0 Å². The minimum absolute atomic E-state index is 0. The van der Waals surface area contributed by atoms with E-state index in [0.29, 0.717) is 24.2 Å². The van der Waals surface area contributed by atoms with Gasteiger partial charge >= 0.3 is 0 Å². The molecule has 0 aromatic rings. The molecule has 5 nitrogen and oxygen atoms in total. The molecule has 1 aliphatic heterocycles. The lowest BCUT2D eigenvalue weighted by atomic mass is 9.46. The van der Waals surface area contributed by atoms with Gasteiger partial charge in [0, 0.05) is 6.04 Å². The van der Waals surface area contributed by atoms with Gasteiger partial charge in [0.05, 0.1) is 17.7 Å². The number of nitrogens with zero attached hydrogens (tertiary/aromatic N) is 2. The van der Waals surface area contributed by atoms with Crippen LogP contribution >= 0.6 is 12.4 Å². The number of piperidine rings is 1. The van der Waals surface area contributed by atoms with E-state index < -0.39 is 11.6 Å². The molecule has 4 bridgehead atoms. The lowest BCUT2D eigenvalue weighted by Crippen LogP contribution is -2.64. The van der Waals surface area contributed by atoms with E-state index in [9.17, 15) is 15.2 Å². The number of hydrogen-bond acceptors (Lipinski definition) is 4. The molecule has 6 atom stereocenters. The molecule has 6 heteroatoms. The molecular formula is C18H26ClN3O2. The molecule has 1 saturated heterocycles. The Bertz CT molecular complexity index is 604. The van der Waals surface area contributed by atoms with E-state index in [4.69, 9.17) is 5.73 Å². The zero-order chi connectivity index (χ0) is 16.0. The fourth-order valence-electron chi connectivity index (χ4n) is 6.96. The Morgan fingerprint density at radius 3 is 2.46 bits per heavy atom. The van der Waals surface area contributed by atoms with E-state index in [1.54, 1.807) is 4.90 Å². The minimum Gasteiger partial charge on any atom is -0.390 e. The summed E-state index contributed by atoms with van der Waals surface area (Å²) >= 11 is 0. The number of fused-ring (bicyclic) bond motifs is 1. The second-order valence-corrected chi connectivity index (χ2v) is 9.21. The second-order valence-electron chi connectivity index (χ2n) is 9.21. The van der Waals surface area contributed by atoms with Gasteiger partial charge in [0.2, 0.25) is 5.91 Å². The van der Waals surface area contributed by atoms with Gasteiger partial charge in [-0.1, -0.05) is 0 Å². The highest BCUT2D eigenvalue weighted by molar-refractivity contribution is 5.85. The van der Waals surface area contributed by atoms with Gasteiger partial charge in [-0.15, -0.1) is 12.4 Å². The molecule has 6 rings (SSSR count). The number of carbonyl (C=O) groups is 1. The van der Waals surface area contributed by atoms with E-state index in [2.05, 4.69) is 6.07 Å². The Balaban J connectivity index is 0.00000146. The summed E-state index contributed by atoms with van der Waals surface area (Å²) in [7, 11) is 0. The van der Waals surface area contributed by atoms with Crippen molar-refractivity contribution in [3.8, 4) is 6.07 Å². The molecule has 0 aromatic carbocycles. The van der Waals surface area contributed by atoms with Crippen LogP contribution in [0.1, 0.15) is 51.4 Å². The van der Waals surface area contributed by atoms with Gasteiger partial charge in [-0.3, -0.25) is 4.79 Å². The SMILES string of the molecule is Cl.N#C[C@H]1CC2C[C@H]2N1C(=O)[C@H](N)C12CC3CC(CC(O)(C3)C1)C2. The van der Waals surface area contributed by atoms with Crippen LogP contribution in [-0.2, 0) is 4.79 Å². The topological polar surface area (TPSA) is 90.4 Å². The van der Waals surface area contributed by atoms with Crippen molar-refractivity contribution < 1.29 is 9.90 Å². The quantitative estimate of drug-likeness (QED) is 0.790. The third-order valence-corrected chi connectivity index (χ3v) is 7.51. The van der Waals surface area contributed by atoms with Crippen LogP contribution in [0, 0.1) is 34.5 Å². The maximum Gasteiger partial charge on any atom is 0.241 e. The van der Waals surface area contributed by atoms with Gasteiger partial charge < -0.3 is 15.7 Å². The Morgan fingerprint density at radius 2 is 1.88 bits per heavy atom. The van der Waals surface area contributed by atoms with Crippen molar-refractivity contribution >= 4 is 18.3 Å². The van der Waals surface area contributed by atoms with Crippen LogP contribution in [0.4, 0.5) is 0 Å². The van der Waals surface area contributed by atoms with Gasteiger partial charge in [0.1, 0.15) is 6.04 Å². The smallest absolute Gasteiger partial charge is 0.241 e. The Labute approximate surface area is 149 Å². The molecule has 0 spiro atoms. The van der Waals surface area contributed by atoms with Crippen molar-refractivity contribution in [2.45, 2.75) is 75.1 Å². The minimum atomic E-state index is -0.594. The van der Waals surface area contributed by atoms with E-state index in [0.717, 1.165) is 38.5 Å². The van der Waals surface area contributed by atoms with E-state index >= 15 is 0 Å². The average molecular weight is 352 g/mol. The molecule has 0 aromatic heterocycles. The number of hydrogen-bond donors (Lipinski definition) is 2. The third-order valence-electron chi connectivity index (χ3n) is 7.51. The second kappa shape index (κ2) is 5.09. The molecule has 1 heterocycles. The maximum atomic E-state index is 13.1. The molecule has 1 amide bonds. The van der Waals surface area contributed by atoms with Crippen LogP contribution in [0.5, 0.6) is 0 Å². The molecule has 6 aliphatic rings. The summed E-state index contributed by atoms with van der Waals surface area (Å²) in [5.74, 6) is 1.56. The van der Waals surface area contributed by atoms with Crippen LogP contribution in [0.2, 0.25) is 0 Å². The Kier molecular flexibility index (Phi) is 3.53. The largest absolute Gasteiger partial charge is 0.390 e. The third kappa shape index (κ3) is 2.16. The van der Waals surface area contributed by atoms with Crippen molar-refractivity contribution in [3.63, 3.8) is 0 Å². The van der Waals surface area contributed by atoms with Crippen molar-refractivity contribution in [3.05, 3.63) is 0 Å². The number of nitriles is 1. The van der Waals surface area contributed by atoms with Gasteiger partial charge in [-0.2, -0.15) is 5.26 Å². The monoisotopic (exact) mass is 351 g/mol. The first-order chi connectivity index (χ1) is 10.9. The van der Waals surface area contributed by atoms with Crippen LogP contribution in [-0.4, -0.2) is 39.6 Å². The number of rotatable bonds is 2. The summed E-state index contributed by atoms with van der Waals surface area (Å²) in [4.78, 5) is 14.9. The van der Waals surface area contributed by atoms with Crippen molar-refractivity contribution in [1.82, 2.24) is 4.90 Å². The average Bonchev–Trinajstić information content (AvgIpc) is 3.14. The molecule has 3 unspecified atom stereocenters. The Morgan fingerprint density at radius 1 is 1.21 bits per heavy atom. The number of aliphatic hydroxyl groups is 1. The molecule has 132 valence electrons. The first kappa shape index (κ1) is 16.6. The van der Waals surface area contributed by atoms with Crippen LogP contribution in [0.15, 0.2) is 0 Å². The highest BCUT2D eigenvalue weighted by Crippen LogP contribution is 2.63. The maximum absolute atomic E-state index is 13.1. The van der Waals surface area contributed by atoms with Crippen molar-refractivity contribution in [2.24, 2.45) is 28.9 Å². The predicted octanol–water partition coefficient (Wildman–Crippen LogP) is 1.58. The Hall–Kier alpha value is -0.830. The first-order valence-corrected chi connectivity index (χ1v) is 9.13. The van der Waals surface area contributed by atoms with Crippen LogP contribution in [0.25, 0.3) is 0 Å². The fraction of sp³-hybridized carbons (Fsp3) is 0.889. The first-order valence-electron chi connectivity index (χ1n) is 9.13. The van der Waals surface area contributed by atoms with Gasteiger partial charge in [-0.25, -0.2) is 0 Å². The summed E-state index contributed by atoms with van der Waals surface area (Å²) in [6.07, 6.45) is 7.48. The summed E-state index contributed by atoms with van der Waals surface area (Å²) < 4.78 is 0. The molecule has 5 saturated carbocycles. The zero-order valence-corrected chi connectivity index (χ0v) is 14.7.